The highest BCUT2D eigenvalue weighted by atomic mass is 28.3. The summed E-state index contributed by atoms with van der Waals surface area (Å²) in [4.78, 5) is 0. The monoisotopic (exact) mass is 180 g/mol. The van der Waals surface area contributed by atoms with Crippen LogP contribution in [-0.2, 0) is 8.85 Å². The van der Waals surface area contributed by atoms with Gasteiger partial charge in [0.15, 0.2) is 0 Å². The summed E-state index contributed by atoms with van der Waals surface area (Å²) in [5.41, 5.74) is 0. The predicted molar refractivity (Wildman–Crippen MR) is 43.7 cm³/mol. The minimum atomic E-state index is -1.64. The first-order valence-corrected chi connectivity index (χ1v) is 5.35. The predicted octanol–water partition coefficient (Wildman–Crippen LogP) is -0.757. The molecule has 0 fully saturated rings. The number of rotatable bonds is 6. The van der Waals surface area contributed by atoms with Crippen LogP contribution in [0, 0.1) is 0 Å². The third-order valence-electron chi connectivity index (χ3n) is 1.45. The second-order valence-corrected chi connectivity index (χ2v) is 4.58. The van der Waals surface area contributed by atoms with Gasteiger partial charge in [-0.3, -0.25) is 0 Å². The molecule has 0 aliphatic carbocycles. The zero-order chi connectivity index (χ0) is 8.69. The Morgan fingerprint density at radius 2 is 1.91 bits per heavy atom. The standard InChI is InChI=1S/C6H16O4Si/c1-9-11(10-2)5-6(8)3-4-7/h6-8,11H,3-5H2,1-2H3. The summed E-state index contributed by atoms with van der Waals surface area (Å²) in [7, 11) is 1.51. The molecule has 0 heterocycles. The Balaban J connectivity index is 3.44. The number of hydrogen-bond acceptors (Lipinski definition) is 4. The topological polar surface area (TPSA) is 58.9 Å². The lowest BCUT2D eigenvalue weighted by Crippen LogP contribution is -2.25. The quantitative estimate of drug-likeness (QED) is 0.528. The molecule has 0 radical (unpaired) electrons. The van der Waals surface area contributed by atoms with E-state index >= 15 is 0 Å². The second kappa shape index (κ2) is 6.75. The van der Waals surface area contributed by atoms with E-state index in [1.54, 1.807) is 14.2 Å². The van der Waals surface area contributed by atoms with Gasteiger partial charge in [0.2, 0.25) is 0 Å². The van der Waals surface area contributed by atoms with Gasteiger partial charge in [0.1, 0.15) is 0 Å². The maximum Gasteiger partial charge on any atom is 0.323 e. The van der Waals surface area contributed by atoms with Gasteiger partial charge in [-0.2, -0.15) is 0 Å². The summed E-state index contributed by atoms with van der Waals surface area (Å²) in [5.74, 6) is 0. The molecule has 0 amide bonds. The third-order valence-corrected chi connectivity index (χ3v) is 3.43. The summed E-state index contributed by atoms with van der Waals surface area (Å²) >= 11 is 0. The van der Waals surface area contributed by atoms with E-state index in [-0.39, 0.29) is 6.61 Å². The van der Waals surface area contributed by atoms with Crippen LogP contribution in [0.5, 0.6) is 0 Å². The van der Waals surface area contributed by atoms with E-state index < -0.39 is 15.4 Å². The minimum absolute atomic E-state index is 0.00964. The Labute approximate surface area is 68.6 Å². The van der Waals surface area contributed by atoms with Crippen LogP contribution in [0.2, 0.25) is 6.04 Å². The zero-order valence-electron chi connectivity index (χ0n) is 6.99. The molecule has 68 valence electrons. The Morgan fingerprint density at radius 1 is 1.36 bits per heavy atom. The molecule has 0 saturated carbocycles. The van der Waals surface area contributed by atoms with Crippen molar-refractivity contribution in [2.45, 2.75) is 18.6 Å². The van der Waals surface area contributed by atoms with E-state index in [2.05, 4.69) is 0 Å². The largest absolute Gasteiger partial charge is 0.400 e. The SMILES string of the molecule is CO[SiH](CC(O)CCO)OC. The van der Waals surface area contributed by atoms with Crippen molar-refractivity contribution in [1.29, 1.82) is 0 Å². The van der Waals surface area contributed by atoms with Crippen LogP contribution in [0.4, 0.5) is 0 Å². The van der Waals surface area contributed by atoms with E-state index in [9.17, 15) is 5.11 Å². The molecule has 2 N–H and O–H groups in total. The van der Waals surface area contributed by atoms with Gasteiger partial charge in [0.05, 0.1) is 6.10 Å². The van der Waals surface area contributed by atoms with Gasteiger partial charge in [-0.05, 0) is 6.42 Å². The van der Waals surface area contributed by atoms with E-state index in [1.165, 1.54) is 0 Å². The molecule has 5 heteroatoms. The minimum Gasteiger partial charge on any atom is -0.400 e. The molecular formula is C6H16O4Si. The van der Waals surface area contributed by atoms with Gasteiger partial charge >= 0.3 is 9.28 Å². The first-order chi connectivity index (χ1) is 5.24. The molecule has 0 saturated heterocycles. The van der Waals surface area contributed by atoms with Crippen molar-refractivity contribution in [1.82, 2.24) is 0 Å². The highest BCUT2D eigenvalue weighted by Crippen LogP contribution is 2.03. The molecule has 0 aromatic carbocycles. The van der Waals surface area contributed by atoms with Crippen molar-refractivity contribution in [3.05, 3.63) is 0 Å². The number of aliphatic hydroxyl groups excluding tert-OH is 2. The summed E-state index contributed by atoms with van der Waals surface area (Å²) in [6.07, 6.45) is -0.0903. The fourth-order valence-electron chi connectivity index (χ4n) is 0.778. The maximum absolute atomic E-state index is 9.20. The summed E-state index contributed by atoms with van der Waals surface area (Å²) in [6.45, 7) is 0.00964. The van der Waals surface area contributed by atoms with Crippen molar-refractivity contribution in [2.24, 2.45) is 0 Å². The lowest BCUT2D eigenvalue weighted by atomic mass is 10.3. The van der Waals surface area contributed by atoms with E-state index in [1.807, 2.05) is 0 Å². The molecule has 11 heavy (non-hydrogen) atoms. The molecule has 0 rings (SSSR count). The maximum atomic E-state index is 9.20. The highest BCUT2D eigenvalue weighted by molar-refractivity contribution is 6.44. The first kappa shape index (κ1) is 11.1. The van der Waals surface area contributed by atoms with E-state index in [0.29, 0.717) is 12.5 Å². The molecule has 0 bridgehead atoms. The Bertz CT molecular complexity index is 86.7. The van der Waals surface area contributed by atoms with Crippen LogP contribution in [0.15, 0.2) is 0 Å². The fourth-order valence-corrected chi connectivity index (χ4v) is 2.04. The summed E-state index contributed by atoms with van der Waals surface area (Å²) in [6, 6.07) is 0.535. The lowest BCUT2D eigenvalue weighted by molar-refractivity contribution is 0.137. The van der Waals surface area contributed by atoms with Crippen LogP contribution in [0.3, 0.4) is 0 Å². The van der Waals surface area contributed by atoms with Crippen molar-refractivity contribution in [2.75, 3.05) is 20.8 Å². The summed E-state index contributed by atoms with van der Waals surface area (Å²) in [5, 5.41) is 17.7. The second-order valence-electron chi connectivity index (χ2n) is 2.30. The van der Waals surface area contributed by atoms with Crippen molar-refractivity contribution >= 4 is 9.28 Å². The molecule has 0 aliphatic rings. The molecule has 4 nitrogen and oxygen atoms in total. The molecule has 0 aromatic rings. The van der Waals surface area contributed by atoms with Gasteiger partial charge in [-0.25, -0.2) is 0 Å². The normalized spacial score (nSPS) is 13.9. The van der Waals surface area contributed by atoms with Crippen molar-refractivity contribution in [3.8, 4) is 0 Å². The average molecular weight is 180 g/mol. The van der Waals surface area contributed by atoms with Crippen LogP contribution in [0.25, 0.3) is 0 Å². The van der Waals surface area contributed by atoms with Crippen LogP contribution >= 0.6 is 0 Å². The zero-order valence-corrected chi connectivity index (χ0v) is 8.14. The van der Waals surface area contributed by atoms with Crippen molar-refractivity contribution < 1.29 is 19.1 Å². The Hall–Kier alpha value is 0.0569. The smallest absolute Gasteiger partial charge is 0.323 e. The van der Waals surface area contributed by atoms with Crippen LogP contribution < -0.4 is 0 Å². The van der Waals surface area contributed by atoms with Crippen LogP contribution in [-0.4, -0.2) is 46.4 Å². The molecular weight excluding hydrogens is 164 g/mol. The van der Waals surface area contributed by atoms with Gasteiger partial charge < -0.3 is 19.1 Å². The van der Waals surface area contributed by atoms with Crippen LogP contribution in [0.1, 0.15) is 6.42 Å². The first-order valence-electron chi connectivity index (χ1n) is 3.59. The lowest BCUT2D eigenvalue weighted by Gasteiger charge is -2.14. The number of aliphatic hydroxyl groups is 2. The van der Waals surface area contributed by atoms with Gasteiger partial charge in [-0.1, -0.05) is 0 Å². The van der Waals surface area contributed by atoms with E-state index in [4.69, 9.17) is 14.0 Å². The third kappa shape index (κ3) is 5.34. The fraction of sp³-hybridized carbons (Fsp3) is 1.00. The Morgan fingerprint density at radius 3 is 2.27 bits per heavy atom. The van der Waals surface area contributed by atoms with Crippen molar-refractivity contribution in [3.63, 3.8) is 0 Å². The van der Waals surface area contributed by atoms with Gasteiger partial charge in [-0.15, -0.1) is 0 Å². The molecule has 0 aromatic heterocycles. The highest BCUT2D eigenvalue weighted by Gasteiger charge is 2.15. The summed E-state index contributed by atoms with van der Waals surface area (Å²) < 4.78 is 9.98. The average Bonchev–Trinajstić information content (AvgIpc) is 2.01. The Kier molecular flexibility index (Phi) is 6.78. The van der Waals surface area contributed by atoms with Gasteiger partial charge in [0, 0.05) is 26.9 Å². The van der Waals surface area contributed by atoms with E-state index in [0.717, 1.165) is 0 Å². The molecule has 0 spiro atoms. The molecule has 1 atom stereocenters. The number of hydrogen-bond donors (Lipinski definition) is 2. The molecule has 0 aliphatic heterocycles. The van der Waals surface area contributed by atoms with Gasteiger partial charge in [0.25, 0.3) is 0 Å². The molecule has 1 unspecified atom stereocenters.